The molecule has 0 radical (unpaired) electrons. The molecule has 1 aliphatic rings. The molecule has 0 saturated heterocycles. The molecule has 120 valence electrons. The summed E-state index contributed by atoms with van der Waals surface area (Å²) in [6.45, 7) is 12.0. The van der Waals surface area contributed by atoms with Crippen molar-refractivity contribution in [2.75, 3.05) is 6.54 Å². The summed E-state index contributed by atoms with van der Waals surface area (Å²) >= 11 is 0. The van der Waals surface area contributed by atoms with E-state index in [2.05, 4.69) is 16.9 Å². The second-order valence-corrected chi connectivity index (χ2v) is 6.88. The third kappa shape index (κ3) is 7.16. The molecule has 0 spiro atoms. The van der Waals surface area contributed by atoms with Crippen LogP contribution in [0.25, 0.3) is 0 Å². The van der Waals surface area contributed by atoms with E-state index in [0.717, 1.165) is 31.3 Å². The second kappa shape index (κ2) is 7.48. The van der Waals surface area contributed by atoms with Crippen LogP contribution in [0.1, 0.15) is 53.4 Å². The molecule has 0 amide bonds. The molecule has 0 aliphatic heterocycles. The molecule has 1 fully saturated rings. The monoisotopic (exact) mass is 295 g/mol. The molecule has 0 bridgehead atoms. The fraction of sp³-hybridized carbons (Fsp3) is 0.750. The highest BCUT2D eigenvalue weighted by Crippen LogP contribution is 2.26. The van der Waals surface area contributed by atoms with Crippen molar-refractivity contribution in [1.82, 2.24) is 5.32 Å². The molecule has 0 aromatic heterocycles. The van der Waals surface area contributed by atoms with E-state index < -0.39 is 5.60 Å². The largest absolute Gasteiger partial charge is 0.460 e. The Balaban J connectivity index is 2.37. The minimum atomic E-state index is -0.411. The normalized spacial score (nSPS) is 23.5. The molecule has 5 heteroatoms. The number of rotatable bonds is 4. The molecule has 1 aliphatic carbocycles. The Morgan fingerprint density at radius 3 is 2.38 bits per heavy atom. The SMILES string of the molecule is C=C(C)CN=C(N)NC1CCC(C(=O)OC(C)(C)C)CC1. The van der Waals surface area contributed by atoms with E-state index >= 15 is 0 Å². The Labute approximate surface area is 128 Å². The molecule has 1 rings (SSSR count). The van der Waals surface area contributed by atoms with Crippen LogP contribution in [0.5, 0.6) is 0 Å². The summed E-state index contributed by atoms with van der Waals surface area (Å²) in [5.41, 5.74) is 6.41. The minimum Gasteiger partial charge on any atom is -0.460 e. The zero-order chi connectivity index (χ0) is 16.0. The van der Waals surface area contributed by atoms with E-state index in [1.165, 1.54) is 0 Å². The van der Waals surface area contributed by atoms with E-state index in [4.69, 9.17) is 10.5 Å². The molecular weight excluding hydrogens is 266 g/mol. The summed E-state index contributed by atoms with van der Waals surface area (Å²) in [5.74, 6) is 0.388. The van der Waals surface area contributed by atoms with E-state index in [1.54, 1.807) is 0 Å². The molecule has 0 aromatic carbocycles. The lowest BCUT2D eigenvalue weighted by Crippen LogP contribution is -2.43. The van der Waals surface area contributed by atoms with E-state index in [-0.39, 0.29) is 17.9 Å². The molecule has 0 aromatic rings. The van der Waals surface area contributed by atoms with Crippen molar-refractivity contribution < 1.29 is 9.53 Å². The summed E-state index contributed by atoms with van der Waals surface area (Å²) in [5, 5.41) is 3.22. The first kappa shape index (κ1) is 17.5. The van der Waals surface area contributed by atoms with Gasteiger partial charge in [0.15, 0.2) is 5.96 Å². The fourth-order valence-electron chi connectivity index (χ4n) is 2.33. The smallest absolute Gasteiger partial charge is 0.309 e. The minimum absolute atomic E-state index is 0.0101. The Kier molecular flexibility index (Phi) is 6.24. The first-order valence-corrected chi connectivity index (χ1v) is 7.61. The van der Waals surface area contributed by atoms with Gasteiger partial charge in [0, 0.05) is 6.04 Å². The molecule has 0 atom stereocenters. The first-order valence-electron chi connectivity index (χ1n) is 7.61. The fourth-order valence-corrected chi connectivity index (χ4v) is 2.33. The summed E-state index contributed by atoms with van der Waals surface area (Å²) in [4.78, 5) is 16.2. The number of nitrogens with zero attached hydrogens (tertiary/aromatic N) is 1. The Morgan fingerprint density at radius 2 is 1.90 bits per heavy atom. The van der Waals surface area contributed by atoms with Crippen molar-refractivity contribution in [2.24, 2.45) is 16.6 Å². The standard InChI is InChI=1S/C16H29N3O2/c1-11(2)10-18-15(17)19-13-8-6-12(7-9-13)14(20)21-16(3,4)5/h12-13H,1,6-10H2,2-5H3,(H3,17,18,19). The number of guanidine groups is 1. The van der Waals surface area contributed by atoms with Gasteiger partial charge in [-0.3, -0.25) is 4.79 Å². The van der Waals surface area contributed by atoms with Gasteiger partial charge in [-0.25, -0.2) is 4.99 Å². The molecular formula is C16H29N3O2. The lowest BCUT2D eigenvalue weighted by atomic mass is 9.86. The number of esters is 1. The first-order chi connectivity index (χ1) is 9.67. The third-order valence-corrected chi connectivity index (χ3v) is 3.34. The van der Waals surface area contributed by atoms with Gasteiger partial charge in [0.2, 0.25) is 0 Å². The van der Waals surface area contributed by atoms with Crippen molar-refractivity contribution in [3.8, 4) is 0 Å². The van der Waals surface area contributed by atoms with Gasteiger partial charge >= 0.3 is 5.97 Å². The maximum absolute atomic E-state index is 12.0. The van der Waals surface area contributed by atoms with Crippen molar-refractivity contribution in [3.63, 3.8) is 0 Å². The predicted octanol–water partition coefficient (Wildman–Crippen LogP) is 2.37. The van der Waals surface area contributed by atoms with Crippen LogP contribution in [0.4, 0.5) is 0 Å². The van der Waals surface area contributed by atoms with E-state index in [9.17, 15) is 4.79 Å². The van der Waals surface area contributed by atoms with E-state index in [0.29, 0.717) is 12.5 Å². The number of nitrogens with two attached hydrogens (primary N) is 1. The topological polar surface area (TPSA) is 76.7 Å². The Hall–Kier alpha value is -1.52. The lowest BCUT2D eigenvalue weighted by Gasteiger charge is -2.30. The summed E-state index contributed by atoms with van der Waals surface area (Å²) in [7, 11) is 0. The van der Waals surface area contributed by atoms with Crippen LogP contribution in [-0.4, -0.2) is 30.1 Å². The molecule has 0 heterocycles. The van der Waals surface area contributed by atoms with Crippen molar-refractivity contribution in [3.05, 3.63) is 12.2 Å². The maximum Gasteiger partial charge on any atom is 0.309 e. The van der Waals surface area contributed by atoms with Crippen LogP contribution in [0.15, 0.2) is 17.1 Å². The van der Waals surface area contributed by atoms with Gasteiger partial charge in [0.1, 0.15) is 5.60 Å². The summed E-state index contributed by atoms with van der Waals surface area (Å²) in [6, 6.07) is 0.289. The zero-order valence-electron chi connectivity index (χ0n) is 13.7. The van der Waals surface area contributed by atoms with Gasteiger partial charge in [-0.1, -0.05) is 12.2 Å². The summed E-state index contributed by atoms with van der Waals surface area (Å²) in [6.07, 6.45) is 3.49. The number of aliphatic imine (C=N–C) groups is 1. The maximum atomic E-state index is 12.0. The van der Waals surface area contributed by atoms with Crippen LogP contribution in [0.2, 0.25) is 0 Å². The van der Waals surface area contributed by atoms with Crippen molar-refractivity contribution in [2.45, 2.75) is 65.0 Å². The predicted molar refractivity (Wildman–Crippen MR) is 86.0 cm³/mol. The molecule has 1 saturated carbocycles. The quantitative estimate of drug-likeness (QED) is 0.361. The summed E-state index contributed by atoms with van der Waals surface area (Å²) < 4.78 is 5.44. The van der Waals surface area contributed by atoms with Gasteiger partial charge in [-0.05, 0) is 53.4 Å². The lowest BCUT2D eigenvalue weighted by molar-refractivity contribution is -0.161. The number of nitrogens with one attached hydrogen (secondary N) is 1. The average molecular weight is 295 g/mol. The van der Waals surface area contributed by atoms with Crippen LogP contribution < -0.4 is 11.1 Å². The average Bonchev–Trinajstić information content (AvgIpc) is 2.35. The molecule has 21 heavy (non-hydrogen) atoms. The number of ether oxygens (including phenoxy) is 1. The number of carbonyl (C=O) groups is 1. The van der Waals surface area contributed by atoms with Gasteiger partial charge in [0.05, 0.1) is 12.5 Å². The molecule has 0 unspecified atom stereocenters. The molecule has 5 nitrogen and oxygen atoms in total. The third-order valence-electron chi connectivity index (χ3n) is 3.34. The molecule has 3 N–H and O–H groups in total. The van der Waals surface area contributed by atoms with Gasteiger partial charge in [-0.2, -0.15) is 0 Å². The van der Waals surface area contributed by atoms with E-state index in [1.807, 2.05) is 27.7 Å². The number of hydrogen-bond acceptors (Lipinski definition) is 3. The van der Waals surface area contributed by atoms with Crippen LogP contribution in [0, 0.1) is 5.92 Å². The number of hydrogen-bond donors (Lipinski definition) is 2. The van der Waals surface area contributed by atoms with Crippen LogP contribution >= 0.6 is 0 Å². The van der Waals surface area contributed by atoms with Gasteiger partial charge in [0.25, 0.3) is 0 Å². The van der Waals surface area contributed by atoms with Crippen LogP contribution in [-0.2, 0) is 9.53 Å². The highest BCUT2D eigenvalue weighted by molar-refractivity contribution is 5.78. The zero-order valence-corrected chi connectivity index (χ0v) is 13.7. The highest BCUT2D eigenvalue weighted by atomic mass is 16.6. The van der Waals surface area contributed by atoms with Crippen molar-refractivity contribution in [1.29, 1.82) is 0 Å². The van der Waals surface area contributed by atoms with Gasteiger partial charge < -0.3 is 15.8 Å². The van der Waals surface area contributed by atoms with Crippen molar-refractivity contribution >= 4 is 11.9 Å². The van der Waals surface area contributed by atoms with Gasteiger partial charge in [-0.15, -0.1) is 0 Å². The second-order valence-electron chi connectivity index (χ2n) is 6.88. The Bertz CT molecular complexity index is 402. The Morgan fingerprint density at radius 1 is 1.33 bits per heavy atom. The highest BCUT2D eigenvalue weighted by Gasteiger charge is 2.29. The number of carbonyl (C=O) groups excluding carboxylic acids is 1. The van der Waals surface area contributed by atoms with Crippen LogP contribution in [0.3, 0.4) is 0 Å².